The lowest BCUT2D eigenvalue weighted by Gasteiger charge is -2.10. The van der Waals surface area contributed by atoms with Gasteiger partial charge in [-0.15, -0.1) is 0 Å². The second-order valence-corrected chi connectivity index (χ2v) is 8.69. The van der Waals surface area contributed by atoms with Gasteiger partial charge in [0.2, 0.25) is 0 Å². The Morgan fingerprint density at radius 1 is 1.08 bits per heavy atom. The van der Waals surface area contributed by atoms with Crippen LogP contribution in [-0.2, 0) is 16.3 Å². The van der Waals surface area contributed by atoms with E-state index in [1.807, 2.05) is 24.3 Å². The quantitative estimate of drug-likeness (QED) is 0.824. The Balaban J connectivity index is 2.12. The normalized spacial score (nSPS) is 15.2. The number of aliphatic hydroxyl groups excluding tert-OH is 1. The average molecular weight is 368 g/mol. The highest BCUT2D eigenvalue weighted by molar-refractivity contribution is 7.90. The van der Waals surface area contributed by atoms with Crippen LogP contribution >= 0.6 is 0 Å². The Morgan fingerprint density at radius 2 is 1.85 bits per heavy atom. The molecule has 1 aliphatic rings. The minimum absolute atomic E-state index is 0.117. The molecule has 2 aromatic rings. The van der Waals surface area contributed by atoms with E-state index in [0.29, 0.717) is 11.3 Å². The van der Waals surface area contributed by atoms with Crippen LogP contribution in [0, 0.1) is 0 Å². The maximum atomic E-state index is 11.9. The summed E-state index contributed by atoms with van der Waals surface area (Å²) in [6.45, 7) is 2.26. The predicted molar refractivity (Wildman–Crippen MR) is 108 cm³/mol. The molecule has 0 amide bonds. The first kappa shape index (κ1) is 18.6. The lowest BCUT2D eigenvalue weighted by atomic mass is 9.95. The summed E-state index contributed by atoms with van der Waals surface area (Å²) in [5, 5.41) is 9.32. The van der Waals surface area contributed by atoms with E-state index in [-0.39, 0.29) is 6.61 Å². The summed E-state index contributed by atoms with van der Waals surface area (Å²) in [5.74, 6) is 0. The van der Waals surface area contributed by atoms with Gasteiger partial charge in [0.05, 0.1) is 4.90 Å². The van der Waals surface area contributed by atoms with E-state index in [1.54, 1.807) is 12.1 Å². The zero-order valence-corrected chi connectivity index (χ0v) is 16.0. The molecule has 0 heterocycles. The van der Waals surface area contributed by atoms with Gasteiger partial charge in [0, 0.05) is 12.9 Å². The van der Waals surface area contributed by atoms with Crippen LogP contribution in [0.3, 0.4) is 0 Å². The molecule has 0 radical (unpaired) electrons. The van der Waals surface area contributed by atoms with Crippen molar-refractivity contribution in [3.63, 3.8) is 0 Å². The van der Waals surface area contributed by atoms with Gasteiger partial charge in [-0.3, -0.25) is 0 Å². The topological polar surface area (TPSA) is 54.4 Å². The van der Waals surface area contributed by atoms with Crippen molar-refractivity contribution >= 4 is 27.6 Å². The Labute approximate surface area is 155 Å². The fourth-order valence-electron chi connectivity index (χ4n) is 3.40. The number of fused-ring (bicyclic) bond motifs is 1. The van der Waals surface area contributed by atoms with Crippen LogP contribution < -0.4 is 0 Å². The summed E-state index contributed by atoms with van der Waals surface area (Å²) in [4.78, 5) is 0.352. The van der Waals surface area contributed by atoms with Crippen molar-refractivity contribution in [1.82, 2.24) is 0 Å². The van der Waals surface area contributed by atoms with Crippen LogP contribution in [0.4, 0.5) is 0 Å². The summed E-state index contributed by atoms with van der Waals surface area (Å²) >= 11 is 0. The van der Waals surface area contributed by atoms with E-state index in [2.05, 4.69) is 25.1 Å². The third-order valence-electron chi connectivity index (χ3n) is 4.67. The minimum Gasteiger partial charge on any atom is -0.396 e. The Hall–Kier alpha value is -2.17. The fourth-order valence-corrected chi connectivity index (χ4v) is 4.06. The standard InChI is InChI=1S/C22H24O3S/c1-3-6-18-13-19-14-20(26(2,24)25)9-10-21(19)22(18)15-17-8-5-4-7-16(17)11-12-23/h4-5,7-10,13-15,23H,3,6,11-12H2,1-2H3. The van der Waals surface area contributed by atoms with Gasteiger partial charge >= 0.3 is 0 Å². The minimum atomic E-state index is -3.22. The van der Waals surface area contributed by atoms with Gasteiger partial charge in [0.1, 0.15) is 0 Å². The van der Waals surface area contributed by atoms with Crippen LogP contribution in [0.25, 0.3) is 17.7 Å². The number of sulfone groups is 1. The van der Waals surface area contributed by atoms with E-state index in [1.165, 1.54) is 11.8 Å². The smallest absolute Gasteiger partial charge is 0.175 e. The van der Waals surface area contributed by atoms with Crippen LogP contribution in [0.1, 0.15) is 42.0 Å². The van der Waals surface area contributed by atoms with Gasteiger partial charge in [-0.25, -0.2) is 8.42 Å². The molecule has 0 fully saturated rings. The van der Waals surface area contributed by atoms with Gasteiger partial charge in [0.15, 0.2) is 9.84 Å². The number of aliphatic hydroxyl groups is 1. The highest BCUT2D eigenvalue weighted by Crippen LogP contribution is 2.40. The van der Waals surface area contributed by atoms with Crippen LogP contribution in [0.5, 0.6) is 0 Å². The van der Waals surface area contributed by atoms with Crippen molar-refractivity contribution in [3.8, 4) is 0 Å². The molecule has 0 bridgehead atoms. The SMILES string of the molecule is CCCC1=Cc2cc(S(C)(=O)=O)ccc2C1=Cc1ccccc1CCO. The first-order chi connectivity index (χ1) is 12.4. The third-order valence-corrected chi connectivity index (χ3v) is 5.78. The second-order valence-electron chi connectivity index (χ2n) is 6.67. The van der Waals surface area contributed by atoms with Gasteiger partial charge in [-0.05, 0) is 64.5 Å². The molecule has 136 valence electrons. The molecule has 1 aliphatic carbocycles. The Bertz CT molecular complexity index is 982. The molecule has 2 aromatic carbocycles. The van der Waals surface area contributed by atoms with E-state index >= 15 is 0 Å². The predicted octanol–water partition coefficient (Wildman–Crippen LogP) is 4.36. The molecular weight excluding hydrogens is 344 g/mol. The first-order valence-corrected chi connectivity index (χ1v) is 10.8. The molecule has 0 saturated heterocycles. The van der Waals surface area contributed by atoms with E-state index in [0.717, 1.165) is 40.7 Å². The number of rotatable bonds is 6. The van der Waals surface area contributed by atoms with E-state index < -0.39 is 9.84 Å². The van der Waals surface area contributed by atoms with Gasteiger partial charge in [-0.1, -0.05) is 49.8 Å². The summed E-state index contributed by atoms with van der Waals surface area (Å²) in [7, 11) is -3.22. The average Bonchev–Trinajstić information content (AvgIpc) is 2.93. The molecule has 0 spiro atoms. The van der Waals surface area contributed by atoms with Gasteiger partial charge < -0.3 is 5.11 Å². The molecule has 3 nitrogen and oxygen atoms in total. The van der Waals surface area contributed by atoms with E-state index in [9.17, 15) is 13.5 Å². The van der Waals surface area contributed by atoms with Gasteiger partial charge in [-0.2, -0.15) is 0 Å². The lowest BCUT2D eigenvalue weighted by Crippen LogP contribution is -1.98. The third kappa shape index (κ3) is 3.81. The first-order valence-electron chi connectivity index (χ1n) is 8.90. The molecule has 3 rings (SSSR count). The highest BCUT2D eigenvalue weighted by atomic mass is 32.2. The van der Waals surface area contributed by atoms with Crippen molar-refractivity contribution in [2.45, 2.75) is 31.1 Å². The zero-order valence-electron chi connectivity index (χ0n) is 15.2. The maximum Gasteiger partial charge on any atom is 0.175 e. The fraction of sp³-hybridized carbons (Fsp3) is 0.273. The Kier molecular flexibility index (Phi) is 5.44. The summed E-state index contributed by atoms with van der Waals surface area (Å²) < 4.78 is 23.7. The lowest BCUT2D eigenvalue weighted by molar-refractivity contribution is 0.299. The molecule has 0 unspecified atom stereocenters. The largest absolute Gasteiger partial charge is 0.396 e. The van der Waals surface area contributed by atoms with Gasteiger partial charge in [0.25, 0.3) is 0 Å². The molecule has 1 N–H and O–H groups in total. The number of hydrogen-bond acceptors (Lipinski definition) is 3. The van der Waals surface area contributed by atoms with Crippen LogP contribution in [0.2, 0.25) is 0 Å². The van der Waals surface area contributed by atoms with Crippen molar-refractivity contribution in [2.75, 3.05) is 12.9 Å². The monoisotopic (exact) mass is 368 g/mol. The Morgan fingerprint density at radius 3 is 2.54 bits per heavy atom. The molecular formula is C22H24O3S. The molecule has 26 heavy (non-hydrogen) atoms. The number of allylic oxidation sites excluding steroid dienone is 2. The van der Waals surface area contributed by atoms with Crippen molar-refractivity contribution in [3.05, 3.63) is 70.3 Å². The molecule has 4 heteroatoms. The second kappa shape index (κ2) is 7.60. The number of hydrogen-bond donors (Lipinski definition) is 1. The highest BCUT2D eigenvalue weighted by Gasteiger charge is 2.20. The van der Waals surface area contributed by atoms with Crippen LogP contribution in [0.15, 0.2) is 52.9 Å². The van der Waals surface area contributed by atoms with E-state index in [4.69, 9.17) is 0 Å². The van der Waals surface area contributed by atoms with Crippen molar-refractivity contribution in [2.24, 2.45) is 0 Å². The molecule has 0 aromatic heterocycles. The summed E-state index contributed by atoms with van der Waals surface area (Å²) in [6.07, 6.45) is 8.09. The molecule has 0 atom stereocenters. The summed E-state index contributed by atoms with van der Waals surface area (Å²) in [6, 6.07) is 13.4. The van der Waals surface area contributed by atoms with Crippen LogP contribution in [-0.4, -0.2) is 26.4 Å². The molecule has 0 saturated carbocycles. The molecule has 0 aliphatic heterocycles. The van der Waals surface area contributed by atoms with Crippen molar-refractivity contribution < 1.29 is 13.5 Å². The van der Waals surface area contributed by atoms with Crippen molar-refractivity contribution in [1.29, 1.82) is 0 Å². The maximum absolute atomic E-state index is 11.9. The summed E-state index contributed by atoms with van der Waals surface area (Å²) in [5.41, 5.74) is 6.61. The zero-order chi connectivity index (χ0) is 18.7. The number of benzene rings is 2.